The highest BCUT2D eigenvalue weighted by atomic mass is 35.5. The quantitative estimate of drug-likeness (QED) is 0.835. The van der Waals surface area contributed by atoms with Crippen molar-refractivity contribution in [1.82, 2.24) is 4.72 Å². The molecule has 2 aromatic rings. The molecule has 1 aromatic carbocycles. The average molecular weight is 356 g/mol. The Morgan fingerprint density at radius 3 is 2.70 bits per heavy atom. The van der Waals surface area contributed by atoms with Crippen molar-refractivity contribution >= 4 is 21.6 Å². The zero-order valence-corrected chi connectivity index (χ0v) is 14.2. The molecular formula is C16H18ClNO4S. The van der Waals surface area contributed by atoms with Crippen molar-refractivity contribution < 1.29 is 17.9 Å². The Kier molecular flexibility index (Phi) is 4.27. The van der Waals surface area contributed by atoms with Crippen LogP contribution in [0.4, 0.5) is 0 Å². The number of halogens is 1. The van der Waals surface area contributed by atoms with Crippen LogP contribution in [-0.2, 0) is 15.6 Å². The van der Waals surface area contributed by atoms with Gasteiger partial charge in [-0.15, -0.1) is 0 Å². The molecule has 1 atom stereocenters. The van der Waals surface area contributed by atoms with Gasteiger partial charge in [0.25, 0.3) is 0 Å². The number of nitrogens with one attached hydrogen (secondary N) is 1. The molecule has 0 saturated heterocycles. The molecule has 23 heavy (non-hydrogen) atoms. The maximum Gasteiger partial charge on any atom is 0.240 e. The van der Waals surface area contributed by atoms with Crippen LogP contribution in [0.1, 0.15) is 24.2 Å². The molecule has 2 N–H and O–H groups in total. The van der Waals surface area contributed by atoms with Gasteiger partial charge < -0.3 is 9.52 Å². The highest BCUT2D eigenvalue weighted by molar-refractivity contribution is 7.89. The standard InChI is InChI=1S/C16H18ClNO4S/c1-11-4-7-13(9-14(11)17)23(20,21)18-10-16(19,12-5-6-12)15-3-2-8-22-15/h2-4,7-9,12,18-19H,5-6,10H2,1H3. The second-order valence-electron chi connectivity index (χ2n) is 5.91. The summed E-state index contributed by atoms with van der Waals surface area (Å²) in [6.07, 6.45) is 3.15. The SMILES string of the molecule is Cc1ccc(S(=O)(=O)NCC(O)(c2ccco2)C2CC2)cc1Cl. The summed E-state index contributed by atoms with van der Waals surface area (Å²) in [5, 5.41) is 11.3. The van der Waals surface area contributed by atoms with E-state index in [0.29, 0.717) is 10.8 Å². The molecular weight excluding hydrogens is 338 g/mol. The fraction of sp³-hybridized carbons (Fsp3) is 0.375. The van der Waals surface area contributed by atoms with Gasteiger partial charge in [-0.05, 0) is 55.5 Å². The zero-order chi connectivity index (χ0) is 16.7. The van der Waals surface area contributed by atoms with Crippen LogP contribution in [0, 0.1) is 12.8 Å². The Morgan fingerprint density at radius 2 is 2.13 bits per heavy atom. The van der Waals surface area contributed by atoms with E-state index in [1.807, 2.05) is 0 Å². The molecule has 1 heterocycles. The predicted molar refractivity (Wildman–Crippen MR) is 86.7 cm³/mol. The summed E-state index contributed by atoms with van der Waals surface area (Å²) in [4.78, 5) is 0.0747. The molecule has 1 aromatic heterocycles. The molecule has 1 unspecified atom stereocenters. The summed E-state index contributed by atoms with van der Waals surface area (Å²) < 4.78 is 32.7. The molecule has 0 spiro atoms. The lowest BCUT2D eigenvalue weighted by Crippen LogP contribution is -2.42. The predicted octanol–water partition coefficient (Wildman–Crippen LogP) is 2.82. The molecule has 7 heteroatoms. The molecule has 124 valence electrons. The largest absolute Gasteiger partial charge is 0.466 e. The maximum absolute atomic E-state index is 12.4. The third-order valence-corrected chi connectivity index (χ3v) is 5.99. The van der Waals surface area contributed by atoms with Gasteiger partial charge in [0.1, 0.15) is 11.4 Å². The third kappa shape index (κ3) is 3.30. The van der Waals surface area contributed by atoms with Crippen LogP contribution < -0.4 is 4.72 Å². The Balaban J connectivity index is 1.81. The first-order valence-electron chi connectivity index (χ1n) is 7.35. The summed E-state index contributed by atoms with van der Waals surface area (Å²) in [6, 6.07) is 7.89. The number of hydrogen-bond acceptors (Lipinski definition) is 4. The second-order valence-corrected chi connectivity index (χ2v) is 8.09. The number of furan rings is 1. The van der Waals surface area contributed by atoms with Crippen molar-refractivity contribution in [3.05, 3.63) is 52.9 Å². The summed E-state index contributed by atoms with van der Waals surface area (Å²) in [5.41, 5.74) is -0.527. The first-order valence-corrected chi connectivity index (χ1v) is 9.21. The van der Waals surface area contributed by atoms with Crippen molar-refractivity contribution in [2.75, 3.05) is 6.54 Å². The van der Waals surface area contributed by atoms with Crippen molar-refractivity contribution in [2.24, 2.45) is 5.92 Å². The monoisotopic (exact) mass is 355 g/mol. The number of benzene rings is 1. The Hall–Kier alpha value is -1.34. The molecule has 3 rings (SSSR count). The van der Waals surface area contributed by atoms with Crippen molar-refractivity contribution in [3.8, 4) is 0 Å². The van der Waals surface area contributed by atoms with Crippen LogP contribution in [0.3, 0.4) is 0 Å². The summed E-state index contributed by atoms with van der Waals surface area (Å²) in [7, 11) is -3.77. The van der Waals surface area contributed by atoms with Gasteiger partial charge in [0.2, 0.25) is 10.0 Å². The van der Waals surface area contributed by atoms with Gasteiger partial charge in [-0.25, -0.2) is 13.1 Å². The van der Waals surface area contributed by atoms with Crippen LogP contribution >= 0.6 is 11.6 Å². The van der Waals surface area contributed by atoms with Crippen molar-refractivity contribution in [2.45, 2.75) is 30.3 Å². The molecule has 0 bridgehead atoms. The van der Waals surface area contributed by atoms with E-state index in [1.165, 1.54) is 18.4 Å². The van der Waals surface area contributed by atoms with E-state index >= 15 is 0 Å². The van der Waals surface area contributed by atoms with Crippen molar-refractivity contribution in [3.63, 3.8) is 0 Å². The Labute approximate surface area is 140 Å². The topological polar surface area (TPSA) is 79.5 Å². The molecule has 0 amide bonds. The maximum atomic E-state index is 12.4. The lowest BCUT2D eigenvalue weighted by atomic mass is 9.95. The second kappa shape index (κ2) is 5.94. The van der Waals surface area contributed by atoms with E-state index in [4.69, 9.17) is 16.0 Å². The zero-order valence-electron chi connectivity index (χ0n) is 12.6. The normalized spacial score (nSPS) is 17.9. The highest BCUT2D eigenvalue weighted by Gasteiger charge is 2.47. The van der Waals surface area contributed by atoms with E-state index in [0.717, 1.165) is 18.4 Å². The first-order chi connectivity index (χ1) is 10.8. The average Bonchev–Trinajstić information content (AvgIpc) is 3.23. The fourth-order valence-electron chi connectivity index (χ4n) is 2.55. The summed E-state index contributed by atoms with van der Waals surface area (Å²) >= 11 is 6.00. The number of aryl methyl sites for hydroxylation is 1. The van der Waals surface area contributed by atoms with E-state index in [-0.39, 0.29) is 17.4 Å². The highest BCUT2D eigenvalue weighted by Crippen LogP contribution is 2.45. The fourth-order valence-corrected chi connectivity index (χ4v) is 3.89. The molecule has 1 aliphatic carbocycles. The molecule has 5 nitrogen and oxygen atoms in total. The summed E-state index contributed by atoms with van der Waals surface area (Å²) in [6.45, 7) is 1.66. The van der Waals surface area contributed by atoms with E-state index in [9.17, 15) is 13.5 Å². The smallest absolute Gasteiger partial charge is 0.240 e. The Morgan fingerprint density at radius 1 is 1.39 bits per heavy atom. The summed E-state index contributed by atoms with van der Waals surface area (Å²) in [5.74, 6) is 0.377. The molecule has 0 aliphatic heterocycles. The van der Waals surface area contributed by atoms with Gasteiger partial charge in [0.05, 0.1) is 11.2 Å². The number of hydrogen-bond donors (Lipinski definition) is 2. The van der Waals surface area contributed by atoms with Crippen LogP contribution in [0.15, 0.2) is 45.9 Å². The van der Waals surface area contributed by atoms with Gasteiger partial charge in [0, 0.05) is 11.6 Å². The third-order valence-electron chi connectivity index (χ3n) is 4.19. The lowest BCUT2D eigenvalue weighted by molar-refractivity contribution is -0.00224. The minimum absolute atomic E-state index is 0.00189. The molecule has 1 aliphatic rings. The van der Waals surface area contributed by atoms with Gasteiger partial charge in [-0.3, -0.25) is 0 Å². The van der Waals surface area contributed by atoms with Crippen LogP contribution in [-0.4, -0.2) is 20.1 Å². The van der Waals surface area contributed by atoms with Gasteiger partial charge in [0.15, 0.2) is 0 Å². The van der Waals surface area contributed by atoms with Crippen molar-refractivity contribution in [1.29, 1.82) is 0 Å². The lowest BCUT2D eigenvalue weighted by Gasteiger charge is -2.26. The van der Waals surface area contributed by atoms with Crippen LogP contribution in [0.25, 0.3) is 0 Å². The van der Waals surface area contributed by atoms with Crippen LogP contribution in [0.2, 0.25) is 5.02 Å². The van der Waals surface area contributed by atoms with Gasteiger partial charge in [-0.2, -0.15) is 0 Å². The first kappa shape index (κ1) is 16.5. The molecule has 1 saturated carbocycles. The van der Waals surface area contributed by atoms with E-state index in [1.54, 1.807) is 25.1 Å². The molecule has 1 fully saturated rings. The number of rotatable bonds is 6. The molecule has 0 radical (unpaired) electrons. The van der Waals surface area contributed by atoms with E-state index < -0.39 is 15.6 Å². The van der Waals surface area contributed by atoms with Crippen LogP contribution in [0.5, 0.6) is 0 Å². The number of aliphatic hydroxyl groups is 1. The number of sulfonamides is 1. The van der Waals surface area contributed by atoms with Gasteiger partial charge in [-0.1, -0.05) is 17.7 Å². The Bertz CT molecular complexity index is 799. The minimum atomic E-state index is -3.77. The van der Waals surface area contributed by atoms with Gasteiger partial charge >= 0.3 is 0 Å². The minimum Gasteiger partial charge on any atom is -0.466 e. The van der Waals surface area contributed by atoms with E-state index in [2.05, 4.69) is 4.72 Å².